The smallest absolute Gasteiger partial charge is 0.297 e. The highest BCUT2D eigenvalue weighted by atomic mass is 16.5. The Kier molecular flexibility index (Phi) is 5.28. The minimum atomic E-state index is 0.246. The predicted octanol–water partition coefficient (Wildman–Crippen LogP) is 1.26. The Hall–Kier alpha value is -1.07. The van der Waals surface area contributed by atoms with Crippen molar-refractivity contribution in [2.75, 3.05) is 32.2 Å². The molecule has 0 amide bonds. The van der Waals surface area contributed by atoms with Gasteiger partial charge in [-0.3, -0.25) is 0 Å². The summed E-state index contributed by atoms with van der Waals surface area (Å²) >= 11 is 0. The third kappa shape index (κ3) is 3.50. The summed E-state index contributed by atoms with van der Waals surface area (Å²) in [7, 11) is 3.64. The molecule has 0 radical (unpaired) electrons. The number of aromatic nitrogens is 1. The number of rotatable bonds is 7. The molecule has 1 atom stereocenters. The van der Waals surface area contributed by atoms with Crippen LogP contribution in [0.1, 0.15) is 19.5 Å². The maximum Gasteiger partial charge on any atom is 0.297 e. The normalized spacial score (nSPS) is 12.8. The first-order valence-corrected chi connectivity index (χ1v) is 5.56. The van der Waals surface area contributed by atoms with Crippen molar-refractivity contribution in [2.24, 2.45) is 0 Å². The number of ether oxygens (including phenoxy) is 1. The molecule has 1 heterocycles. The Morgan fingerprint density at radius 3 is 3.00 bits per heavy atom. The molecule has 0 aromatic carbocycles. The van der Waals surface area contributed by atoms with Crippen LogP contribution in [0.4, 0.5) is 6.01 Å². The number of methoxy groups -OCH3 is 1. The zero-order chi connectivity index (χ0) is 12.0. The van der Waals surface area contributed by atoms with Gasteiger partial charge >= 0.3 is 0 Å². The van der Waals surface area contributed by atoms with Gasteiger partial charge in [0.15, 0.2) is 0 Å². The molecule has 0 bridgehead atoms. The molecular formula is C11H21N3O2. The molecule has 0 spiro atoms. The van der Waals surface area contributed by atoms with E-state index in [1.54, 1.807) is 13.4 Å². The molecule has 5 nitrogen and oxygen atoms in total. The molecule has 0 fully saturated rings. The van der Waals surface area contributed by atoms with Crippen molar-refractivity contribution in [3.63, 3.8) is 0 Å². The summed E-state index contributed by atoms with van der Waals surface area (Å²) < 4.78 is 10.5. The molecule has 92 valence electrons. The Morgan fingerprint density at radius 1 is 1.62 bits per heavy atom. The monoisotopic (exact) mass is 227 g/mol. The molecule has 1 aromatic rings. The van der Waals surface area contributed by atoms with E-state index in [2.05, 4.69) is 24.1 Å². The fourth-order valence-corrected chi connectivity index (χ4v) is 1.33. The standard InChI is InChI=1S/C11H21N3O2/c1-5-12-6-10-8-16-11(13-10)14(3)9(2)7-15-4/h8-9,12H,5-7H2,1-4H3. The van der Waals surface area contributed by atoms with E-state index >= 15 is 0 Å². The van der Waals surface area contributed by atoms with Gasteiger partial charge in [0, 0.05) is 20.7 Å². The van der Waals surface area contributed by atoms with Crippen molar-refractivity contribution in [2.45, 2.75) is 26.4 Å². The van der Waals surface area contributed by atoms with E-state index in [1.807, 2.05) is 11.9 Å². The lowest BCUT2D eigenvalue weighted by Crippen LogP contribution is -2.32. The summed E-state index contributed by atoms with van der Waals surface area (Å²) in [5.74, 6) is 0. The number of nitrogens with one attached hydrogen (secondary N) is 1. The first-order chi connectivity index (χ1) is 7.69. The van der Waals surface area contributed by atoms with Gasteiger partial charge < -0.3 is 19.4 Å². The van der Waals surface area contributed by atoms with Gasteiger partial charge in [-0.25, -0.2) is 0 Å². The molecule has 0 saturated carbocycles. The fraction of sp³-hybridized carbons (Fsp3) is 0.727. The second kappa shape index (κ2) is 6.50. The van der Waals surface area contributed by atoms with Crippen LogP contribution in [-0.2, 0) is 11.3 Å². The van der Waals surface area contributed by atoms with Crippen molar-refractivity contribution in [3.8, 4) is 0 Å². The van der Waals surface area contributed by atoms with E-state index in [-0.39, 0.29) is 6.04 Å². The van der Waals surface area contributed by atoms with E-state index in [0.29, 0.717) is 12.6 Å². The molecule has 1 N–H and O–H groups in total. The van der Waals surface area contributed by atoms with Crippen LogP contribution in [-0.4, -0.2) is 38.3 Å². The molecule has 0 aliphatic rings. The molecule has 0 aliphatic heterocycles. The van der Waals surface area contributed by atoms with Crippen molar-refractivity contribution >= 4 is 6.01 Å². The Balaban J connectivity index is 2.55. The SMILES string of the molecule is CCNCc1coc(N(C)C(C)COC)n1. The summed E-state index contributed by atoms with van der Waals surface area (Å²) in [6.07, 6.45) is 1.69. The van der Waals surface area contributed by atoms with Crippen LogP contribution in [0.2, 0.25) is 0 Å². The third-order valence-electron chi connectivity index (χ3n) is 2.47. The van der Waals surface area contributed by atoms with Gasteiger partial charge in [0.1, 0.15) is 6.26 Å². The summed E-state index contributed by atoms with van der Waals surface area (Å²) in [4.78, 5) is 6.36. The van der Waals surface area contributed by atoms with Gasteiger partial charge in [-0.05, 0) is 13.5 Å². The van der Waals surface area contributed by atoms with E-state index in [0.717, 1.165) is 18.8 Å². The zero-order valence-electron chi connectivity index (χ0n) is 10.5. The van der Waals surface area contributed by atoms with Crippen molar-refractivity contribution in [1.82, 2.24) is 10.3 Å². The Morgan fingerprint density at radius 2 is 2.38 bits per heavy atom. The molecule has 0 aliphatic carbocycles. The summed E-state index contributed by atoms with van der Waals surface area (Å²) in [6, 6.07) is 0.882. The largest absolute Gasteiger partial charge is 0.432 e. The van der Waals surface area contributed by atoms with E-state index in [1.165, 1.54) is 0 Å². The van der Waals surface area contributed by atoms with Crippen LogP contribution in [0, 0.1) is 0 Å². The van der Waals surface area contributed by atoms with Gasteiger partial charge in [-0.2, -0.15) is 4.98 Å². The number of hydrogen-bond acceptors (Lipinski definition) is 5. The number of oxazole rings is 1. The molecular weight excluding hydrogens is 206 g/mol. The predicted molar refractivity (Wildman–Crippen MR) is 63.6 cm³/mol. The third-order valence-corrected chi connectivity index (χ3v) is 2.47. The van der Waals surface area contributed by atoms with Crippen LogP contribution >= 0.6 is 0 Å². The van der Waals surface area contributed by atoms with Gasteiger partial charge in [0.05, 0.1) is 18.3 Å². The van der Waals surface area contributed by atoms with Gasteiger partial charge in [0.25, 0.3) is 6.01 Å². The minimum Gasteiger partial charge on any atom is -0.432 e. The van der Waals surface area contributed by atoms with Crippen LogP contribution in [0.25, 0.3) is 0 Å². The van der Waals surface area contributed by atoms with Crippen molar-refractivity contribution in [3.05, 3.63) is 12.0 Å². The Labute approximate surface area is 96.8 Å². The zero-order valence-corrected chi connectivity index (χ0v) is 10.5. The lowest BCUT2D eigenvalue weighted by atomic mass is 10.3. The fourth-order valence-electron chi connectivity index (χ4n) is 1.33. The van der Waals surface area contributed by atoms with Crippen molar-refractivity contribution < 1.29 is 9.15 Å². The summed E-state index contributed by atoms with van der Waals surface area (Å²) in [5, 5.41) is 3.21. The Bertz CT molecular complexity index is 301. The van der Waals surface area contributed by atoms with Gasteiger partial charge in [-0.15, -0.1) is 0 Å². The lowest BCUT2D eigenvalue weighted by Gasteiger charge is -2.21. The number of anilines is 1. The maximum absolute atomic E-state index is 5.41. The topological polar surface area (TPSA) is 50.5 Å². The van der Waals surface area contributed by atoms with Gasteiger partial charge in [0.2, 0.25) is 0 Å². The number of hydrogen-bond donors (Lipinski definition) is 1. The van der Waals surface area contributed by atoms with E-state index in [9.17, 15) is 0 Å². The highest BCUT2D eigenvalue weighted by Gasteiger charge is 2.14. The summed E-state index contributed by atoms with van der Waals surface area (Å²) in [5.41, 5.74) is 0.924. The highest BCUT2D eigenvalue weighted by Crippen LogP contribution is 2.14. The highest BCUT2D eigenvalue weighted by molar-refractivity contribution is 5.27. The van der Waals surface area contributed by atoms with Crippen LogP contribution in [0.15, 0.2) is 10.7 Å². The first-order valence-electron chi connectivity index (χ1n) is 5.56. The van der Waals surface area contributed by atoms with E-state index in [4.69, 9.17) is 9.15 Å². The quantitative estimate of drug-likeness (QED) is 0.760. The second-order valence-electron chi connectivity index (χ2n) is 3.82. The van der Waals surface area contributed by atoms with Crippen LogP contribution < -0.4 is 10.2 Å². The number of likely N-dealkylation sites (N-methyl/N-ethyl adjacent to an activating group) is 1. The first kappa shape index (κ1) is 13.0. The van der Waals surface area contributed by atoms with Gasteiger partial charge in [-0.1, -0.05) is 6.92 Å². The lowest BCUT2D eigenvalue weighted by molar-refractivity contribution is 0.181. The molecule has 5 heteroatoms. The maximum atomic E-state index is 5.41. The average molecular weight is 227 g/mol. The van der Waals surface area contributed by atoms with Crippen LogP contribution in [0.5, 0.6) is 0 Å². The summed E-state index contributed by atoms with van der Waals surface area (Å²) in [6.45, 7) is 6.46. The molecule has 1 aromatic heterocycles. The molecule has 1 rings (SSSR count). The second-order valence-corrected chi connectivity index (χ2v) is 3.82. The number of nitrogens with zero attached hydrogens (tertiary/aromatic N) is 2. The molecule has 16 heavy (non-hydrogen) atoms. The average Bonchev–Trinajstić information content (AvgIpc) is 2.74. The molecule has 1 unspecified atom stereocenters. The molecule has 0 saturated heterocycles. The van der Waals surface area contributed by atoms with Crippen LogP contribution in [0.3, 0.4) is 0 Å². The minimum absolute atomic E-state index is 0.246. The van der Waals surface area contributed by atoms with E-state index < -0.39 is 0 Å². The van der Waals surface area contributed by atoms with Crippen molar-refractivity contribution in [1.29, 1.82) is 0 Å².